The van der Waals surface area contributed by atoms with Crippen molar-refractivity contribution >= 4 is 40.1 Å². The smallest absolute Gasteiger partial charge is 0.374 e. The van der Waals surface area contributed by atoms with Crippen LogP contribution in [-0.2, 0) is 4.74 Å². The highest BCUT2D eigenvalue weighted by atomic mass is 19.1. The van der Waals surface area contributed by atoms with Crippen LogP contribution in [0.4, 0.5) is 27.5 Å². The number of halogens is 1. The molecule has 0 aliphatic carbocycles. The van der Waals surface area contributed by atoms with Gasteiger partial charge in [0.25, 0.3) is 0 Å². The van der Waals surface area contributed by atoms with Gasteiger partial charge in [0.15, 0.2) is 11.6 Å². The summed E-state index contributed by atoms with van der Waals surface area (Å²) in [5.41, 5.74) is 3.09. The quantitative estimate of drug-likeness (QED) is 0.337. The molecule has 2 heterocycles. The van der Waals surface area contributed by atoms with Crippen LogP contribution in [0.2, 0.25) is 0 Å². The molecular weight excluding hydrogens is 411 g/mol. The van der Waals surface area contributed by atoms with E-state index in [1.807, 2.05) is 24.3 Å². The first-order valence-corrected chi connectivity index (χ1v) is 10.3. The van der Waals surface area contributed by atoms with Crippen LogP contribution >= 0.6 is 0 Å². The molecule has 2 aromatic carbocycles. The van der Waals surface area contributed by atoms with Crippen molar-refractivity contribution in [3.8, 4) is 0 Å². The number of carbonyl (C=O) groups excluding carboxylic acids is 1. The molecule has 4 aromatic rings. The minimum Gasteiger partial charge on any atom is -0.460 e. The maximum absolute atomic E-state index is 14.3. The molecular formula is C24H23FN4O3. The second-order valence-electron chi connectivity index (χ2n) is 7.50. The maximum atomic E-state index is 14.3. The predicted molar refractivity (Wildman–Crippen MR) is 121 cm³/mol. The average Bonchev–Trinajstić information content (AvgIpc) is 3.20. The van der Waals surface area contributed by atoms with Gasteiger partial charge in [-0.25, -0.2) is 14.2 Å². The summed E-state index contributed by atoms with van der Waals surface area (Å²) in [7, 11) is 0. The van der Waals surface area contributed by atoms with Gasteiger partial charge in [-0.15, -0.1) is 0 Å². The average molecular weight is 434 g/mol. The fourth-order valence-corrected chi connectivity index (χ4v) is 3.18. The molecule has 0 spiro atoms. The third kappa shape index (κ3) is 4.69. The molecule has 2 aromatic heterocycles. The van der Waals surface area contributed by atoms with Crippen molar-refractivity contribution in [2.75, 3.05) is 17.2 Å². The second kappa shape index (κ2) is 9.05. The number of nitrogens with zero attached hydrogens (tertiary/aromatic N) is 2. The van der Waals surface area contributed by atoms with Gasteiger partial charge < -0.3 is 19.8 Å². The highest BCUT2D eigenvalue weighted by Gasteiger charge is 2.14. The zero-order chi connectivity index (χ0) is 22.7. The van der Waals surface area contributed by atoms with Crippen LogP contribution in [-0.4, -0.2) is 22.5 Å². The number of rotatable bonds is 7. The molecule has 7 nitrogen and oxygen atoms in total. The van der Waals surface area contributed by atoms with Crippen LogP contribution in [0, 0.1) is 5.82 Å². The summed E-state index contributed by atoms with van der Waals surface area (Å²) >= 11 is 0. The summed E-state index contributed by atoms with van der Waals surface area (Å²) in [5.74, 6) is -0.300. The van der Waals surface area contributed by atoms with Gasteiger partial charge in [0, 0.05) is 16.8 Å². The summed E-state index contributed by atoms with van der Waals surface area (Å²) in [5, 5.41) is 6.79. The Balaban J connectivity index is 1.55. The lowest BCUT2D eigenvalue weighted by Gasteiger charge is -2.11. The molecule has 0 bridgehead atoms. The normalized spacial score (nSPS) is 11.0. The molecule has 0 saturated heterocycles. The number of hydrogen-bond acceptors (Lipinski definition) is 7. The fourth-order valence-electron chi connectivity index (χ4n) is 3.18. The van der Waals surface area contributed by atoms with Gasteiger partial charge in [-0.3, -0.25) is 0 Å². The molecule has 8 heteroatoms. The molecule has 0 radical (unpaired) electrons. The first-order chi connectivity index (χ1) is 15.4. The van der Waals surface area contributed by atoms with E-state index in [0.29, 0.717) is 22.6 Å². The maximum Gasteiger partial charge on any atom is 0.374 e. The van der Waals surface area contributed by atoms with E-state index in [1.165, 1.54) is 0 Å². The van der Waals surface area contributed by atoms with E-state index in [0.717, 1.165) is 17.4 Å². The first-order valence-electron chi connectivity index (χ1n) is 10.3. The van der Waals surface area contributed by atoms with E-state index in [9.17, 15) is 9.18 Å². The van der Waals surface area contributed by atoms with Crippen LogP contribution in [0.25, 0.3) is 11.0 Å². The van der Waals surface area contributed by atoms with Crippen molar-refractivity contribution in [3.05, 3.63) is 71.9 Å². The van der Waals surface area contributed by atoms with Crippen LogP contribution in [0.1, 0.15) is 42.8 Å². The number of carbonyl (C=O) groups is 1. The second-order valence-corrected chi connectivity index (χ2v) is 7.50. The number of nitrogens with one attached hydrogen (secondary N) is 2. The zero-order valence-corrected chi connectivity index (χ0v) is 18.0. The van der Waals surface area contributed by atoms with Crippen molar-refractivity contribution in [2.24, 2.45) is 0 Å². The predicted octanol–water partition coefficient (Wildman–Crippen LogP) is 6.15. The van der Waals surface area contributed by atoms with Crippen molar-refractivity contribution in [3.63, 3.8) is 0 Å². The van der Waals surface area contributed by atoms with Crippen LogP contribution < -0.4 is 10.6 Å². The highest BCUT2D eigenvalue weighted by molar-refractivity contribution is 5.93. The SMILES string of the molecule is CCOC(=O)c1cc2cc(Nc3ncc(F)c(Nc4cccc(C(C)C)c4)n3)ccc2o1. The molecule has 0 amide bonds. The number of aromatic nitrogens is 2. The Morgan fingerprint density at radius 2 is 1.94 bits per heavy atom. The third-order valence-electron chi connectivity index (χ3n) is 4.81. The first kappa shape index (κ1) is 21.3. The van der Waals surface area contributed by atoms with Crippen LogP contribution in [0.15, 0.2) is 59.1 Å². The van der Waals surface area contributed by atoms with Gasteiger partial charge >= 0.3 is 5.97 Å². The van der Waals surface area contributed by atoms with Crippen LogP contribution in [0.3, 0.4) is 0 Å². The third-order valence-corrected chi connectivity index (χ3v) is 4.81. The Labute approximate surface area is 184 Å². The molecule has 0 unspecified atom stereocenters. The molecule has 0 fully saturated rings. The number of hydrogen-bond donors (Lipinski definition) is 2. The molecule has 32 heavy (non-hydrogen) atoms. The van der Waals surface area contributed by atoms with Gasteiger partial charge in [-0.05, 0) is 54.8 Å². The lowest BCUT2D eigenvalue weighted by atomic mass is 10.0. The minimum atomic E-state index is -0.560. The fraction of sp³-hybridized carbons (Fsp3) is 0.208. The monoisotopic (exact) mass is 434 g/mol. The molecule has 4 rings (SSSR count). The van der Waals surface area contributed by atoms with E-state index < -0.39 is 11.8 Å². The van der Waals surface area contributed by atoms with E-state index in [4.69, 9.17) is 9.15 Å². The van der Waals surface area contributed by atoms with E-state index >= 15 is 0 Å². The zero-order valence-electron chi connectivity index (χ0n) is 18.0. The number of benzene rings is 2. The summed E-state index contributed by atoms with van der Waals surface area (Å²) < 4.78 is 24.8. The largest absolute Gasteiger partial charge is 0.460 e. The van der Waals surface area contributed by atoms with Crippen molar-refractivity contribution in [1.29, 1.82) is 0 Å². The lowest BCUT2D eigenvalue weighted by molar-refractivity contribution is 0.0492. The van der Waals surface area contributed by atoms with Gasteiger partial charge in [-0.1, -0.05) is 26.0 Å². The minimum absolute atomic E-state index is 0.0670. The standard InChI is InChI=1S/C24H23FN4O3/c1-4-31-23(30)21-12-16-11-18(8-9-20(16)32-21)28-24-26-13-19(25)22(29-24)27-17-7-5-6-15(10-17)14(2)3/h5-14H,4H2,1-3H3,(H2,26,27,28,29). The molecule has 2 N–H and O–H groups in total. The summed E-state index contributed by atoms with van der Waals surface area (Å²) in [6.45, 7) is 6.19. The van der Waals surface area contributed by atoms with Crippen molar-refractivity contribution < 1.29 is 18.3 Å². The van der Waals surface area contributed by atoms with E-state index in [2.05, 4.69) is 34.4 Å². The molecule has 0 aliphatic rings. The number of fused-ring (bicyclic) bond motifs is 1. The molecule has 0 atom stereocenters. The lowest BCUT2D eigenvalue weighted by Crippen LogP contribution is -2.03. The topological polar surface area (TPSA) is 89.3 Å². The van der Waals surface area contributed by atoms with Gasteiger partial charge in [0.05, 0.1) is 12.8 Å². The molecule has 0 saturated carbocycles. The number of ether oxygens (including phenoxy) is 1. The van der Waals surface area contributed by atoms with Crippen molar-refractivity contribution in [1.82, 2.24) is 9.97 Å². The van der Waals surface area contributed by atoms with Crippen molar-refractivity contribution in [2.45, 2.75) is 26.7 Å². The Kier molecular flexibility index (Phi) is 6.02. The van der Waals surface area contributed by atoms with Gasteiger partial charge in [0.1, 0.15) is 5.58 Å². The number of anilines is 4. The van der Waals surface area contributed by atoms with E-state index in [-0.39, 0.29) is 24.1 Å². The highest BCUT2D eigenvalue weighted by Crippen LogP contribution is 2.26. The van der Waals surface area contributed by atoms with Gasteiger partial charge in [0.2, 0.25) is 11.7 Å². The Morgan fingerprint density at radius 1 is 1.12 bits per heavy atom. The Morgan fingerprint density at radius 3 is 2.72 bits per heavy atom. The summed E-state index contributed by atoms with van der Waals surface area (Å²) in [6, 6.07) is 14.6. The van der Waals surface area contributed by atoms with Gasteiger partial charge in [-0.2, -0.15) is 4.98 Å². The summed E-state index contributed by atoms with van der Waals surface area (Å²) in [6.07, 6.45) is 1.11. The Hall–Kier alpha value is -3.94. The number of furan rings is 1. The summed E-state index contributed by atoms with van der Waals surface area (Å²) in [4.78, 5) is 20.2. The molecule has 164 valence electrons. The van der Waals surface area contributed by atoms with E-state index in [1.54, 1.807) is 31.2 Å². The molecule has 0 aliphatic heterocycles. The Bertz CT molecular complexity index is 1270. The van der Waals surface area contributed by atoms with Crippen LogP contribution in [0.5, 0.6) is 0 Å². The number of esters is 1.